The summed E-state index contributed by atoms with van der Waals surface area (Å²) in [5, 5.41) is 14.7. The third-order valence-electron chi connectivity index (χ3n) is 3.50. The van der Waals surface area contributed by atoms with Crippen LogP contribution in [-0.2, 0) is 9.53 Å². The fourth-order valence-electron chi connectivity index (χ4n) is 2.16. The number of para-hydroxylation sites is 2. The van der Waals surface area contributed by atoms with Crippen molar-refractivity contribution in [2.75, 3.05) is 24.4 Å². The van der Waals surface area contributed by atoms with E-state index >= 15 is 0 Å². The molecular weight excluding hydrogens is 346 g/mol. The van der Waals surface area contributed by atoms with Crippen LogP contribution in [0.15, 0.2) is 60.3 Å². The highest BCUT2D eigenvalue weighted by Gasteiger charge is 2.12. The van der Waals surface area contributed by atoms with Crippen LogP contribution in [0.2, 0.25) is 0 Å². The van der Waals surface area contributed by atoms with E-state index in [1.165, 1.54) is 13.3 Å². The van der Waals surface area contributed by atoms with Gasteiger partial charge in [0.25, 0.3) is 5.91 Å². The molecule has 0 radical (unpaired) electrons. The molecule has 0 saturated carbocycles. The average molecular weight is 365 g/mol. The Morgan fingerprint density at radius 3 is 2.48 bits per heavy atom. The van der Waals surface area contributed by atoms with E-state index in [9.17, 15) is 14.9 Å². The molecule has 2 aromatic carbocycles. The normalized spacial score (nSPS) is 10.5. The van der Waals surface area contributed by atoms with Gasteiger partial charge in [-0.25, -0.2) is 4.79 Å². The number of amides is 1. The van der Waals surface area contributed by atoms with Gasteiger partial charge >= 0.3 is 5.97 Å². The zero-order chi connectivity index (χ0) is 19.6. The molecule has 0 aliphatic heterocycles. The third-order valence-corrected chi connectivity index (χ3v) is 3.50. The van der Waals surface area contributed by atoms with Crippen LogP contribution in [0.3, 0.4) is 0 Å². The van der Waals surface area contributed by atoms with Gasteiger partial charge in [0.2, 0.25) is 0 Å². The summed E-state index contributed by atoms with van der Waals surface area (Å²) in [4.78, 5) is 23.9. The molecule has 0 aliphatic carbocycles. The minimum atomic E-state index is -0.572. The molecule has 0 bridgehead atoms. The molecule has 0 saturated heterocycles. The SMILES string of the molecule is CCOC(=O)c1ccc(N/C=C(/C#N)C(=O)Nc2ccccc2OC)cc1. The molecule has 0 atom stereocenters. The molecule has 0 unspecified atom stereocenters. The molecule has 27 heavy (non-hydrogen) atoms. The lowest BCUT2D eigenvalue weighted by Crippen LogP contribution is -2.15. The van der Waals surface area contributed by atoms with Crippen molar-refractivity contribution in [3.8, 4) is 11.8 Å². The van der Waals surface area contributed by atoms with Gasteiger partial charge in [-0.3, -0.25) is 4.79 Å². The Morgan fingerprint density at radius 2 is 1.85 bits per heavy atom. The number of hydrogen-bond donors (Lipinski definition) is 2. The summed E-state index contributed by atoms with van der Waals surface area (Å²) < 4.78 is 10.1. The number of esters is 1. The molecule has 7 nitrogen and oxygen atoms in total. The minimum absolute atomic E-state index is 0.115. The van der Waals surface area contributed by atoms with E-state index in [0.29, 0.717) is 29.3 Å². The summed E-state index contributed by atoms with van der Waals surface area (Å²) in [6, 6.07) is 15.2. The number of hydrogen-bond acceptors (Lipinski definition) is 6. The summed E-state index contributed by atoms with van der Waals surface area (Å²) in [5.74, 6) is -0.489. The highest BCUT2D eigenvalue weighted by Crippen LogP contribution is 2.23. The second-order valence-electron chi connectivity index (χ2n) is 5.27. The van der Waals surface area contributed by atoms with Crippen LogP contribution >= 0.6 is 0 Å². The van der Waals surface area contributed by atoms with E-state index in [4.69, 9.17) is 9.47 Å². The maximum atomic E-state index is 12.3. The fourth-order valence-corrected chi connectivity index (χ4v) is 2.16. The number of carbonyl (C=O) groups excluding carboxylic acids is 2. The van der Waals surface area contributed by atoms with E-state index in [0.717, 1.165) is 0 Å². The predicted octanol–water partition coefficient (Wildman–Crippen LogP) is 3.33. The lowest BCUT2D eigenvalue weighted by molar-refractivity contribution is -0.112. The maximum Gasteiger partial charge on any atom is 0.338 e. The Hall–Kier alpha value is -3.79. The Labute approximate surface area is 157 Å². The molecule has 2 rings (SSSR count). The van der Waals surface area contributed by atoms with Crippen molar-refractivity contribution in [1.82, 2.24) is 0 Å². The second kappa shape index (κ2) is 9.63. The van der Waals surface area contributed by atoms with Crippen molar-refractivity contribution in [2.45, 2.75) is 6.92 Å². The highest BCUT2D eigenvalue weighted by atomic mass is 16.5. The maximum absolute atomic E-state index is 12.3. The smallest absolute Gasteiger partial charge is 0.338 e. The van der Waals surface area contributed by atoms with Gasteiger partial charge in [-0.15, -0.1) is 0 Å². The molecule has 2 N–H and O–H groups in total. The van der Waals surface area contributed by atoms with Crippen molar-refractivity contribution >= 4 is 23.3 Å². The summed E-state index contributed by atoms with van der Waals surface area (Å²) in [7, 11) is 1.49. The Balaban J connectivity index is 2.06. The number of carbonyl (C=O) groups is 2. The molecule has 0 aliphatic rings. The number of benzene rings is 2. The van der Waals surface area contributed by atoms with Crippen LogP contribution in [0.5, 0.6) is 5.75 Å². The van der Waals surface area contributed by atoms with Crippen molar-refractivity contribution in [3.05, 3.63) is 65.9 Å². The van der Waals surface area contributed by atoms with E-state index in [2.05, 4.69) is 10.6 Å². The van der Waals surface area contributed by atoms with Gasteiger partial charge in [0.05, 0.1) is 25.0 Å². The Morgan fingerprint density at radius 1 is 1.15 bits per heavy atom. The number of nitrogens with one attached hydrogen (secondary N) is 2. The van der Waals surface area contributed by atoms with Crippen LogP contribution in [0.1, 0.15) is 17.3 Å². The summed E-state index contributed by atoms with van der Waals surface area (Å²) in [6.45, 7) is 2.03. The second-order valence-corrected chi connectivity index (χ2v) is 5.27. The minimum Gasteiger partial charge on any atom is -0.495 e. The predicted molar refractivity (Wildman–Crippen MR) is 101 cm³/mol. The molecule has 7 heteroatoms. The van der Waals surface area contributed by atoms with Crippen molar-refractivity contribution in [2.24, 2.45) is 0 Å². The number of methoxy groups -OCH3 is 1. The first kappa shape index (κ1) is 19.5. The fraction of sp³-hybridized carbons (Fsp3) is 0.150. The molecule has 138 valence electrons. The topological polar surface area (TPSA) is 100 Å². The Bertz CT molecular complexity index is 883. The van der Waals surface area contributed by atoms with Crippen molar-refractivity contribution in [3.63, 3.8) is 0 Å². The first-order valence-corrected chi connectivity index (χ1v) is 8.17. The van der Waals surface area contributed by atoms with Crippen LogP contribution in [-0.4, -0.2) is 25.6 Å². The third kappa shape index (κ3) is 5.34. The first-order chi connectivity index (χ1) is 13.1. The van der Waals surface area contributed by atoms with E-state index in [-0.39, 0.29) is 5.57 Å². The number of anilines is 2. The van der Waals surface area contributed by atoms with Gasteiger partial charge in [0, 0.05) is 11.9 Å². The molecule has 0 spiro atoms. The van der Waals surface area contributed by atoms with Crippen LogP contribution in [0.25, 0.3) is 0 Å². The van der Waals surface area contributed by atoms with E-state index < -0.39 is 11.9 Å². The molecule has 0 aromatic heterocycles. The van der Waals surface area contributed by atoms with Crippen molar-refractivity contribution in [1.29, 1.82) is 5.26 Å². The average Bonchev–Trinajstić information content (AvgIpc) is 2.69. The van der Waals surface area contributed by atoms with Crippen LogP contribution in [0.4, 0.5) is 11.4 Å². The standard InChI is InChI=1S/C20H19N3O4/c1-3-27-20(25)14-8-10-16(11-9-14)22-13-15(12-21)19(24)23-17-6-4-5-7-18(17)26-2/h4-11,13,22H,3H2,1-2H3,(H,23,24)/b15-13-. The lowest BCUT2D eigenvalue weighted by Gasteiger charge is -2.09. The molecule has 0 heterocycles. The number of rotatable bonds is 7. The van der Waals surface area contributed by atoms with E-state index in [1.807, 2.05) is 6.07 Å². The van der Waals surface area contributed by atoms with Gasteiger partial charge in [0.1, 0.15) is 17.4 Å². The van der Waals surface area contributed by atoms with Gasteiger partial charge in [-0.05, 0) is 43.3 Å². The van der Waals surface area contributed by atoms with E-state index in [1.54, 1.807) is 55.5 Å². The van der Waals surface area contributed by atoms with Gasteiger partial charge < -0.3 is 20.1 Å². The lowest BCUT2D eigenvalue weighted by atomic mass is 10.2. The number of nitrogens with zero attached hydrogens (tertiary/aromatic N) is 1. The first-order valence-electron chi connectivity index (χ1n) is 8.17. The summed E-state index contributed by atoms with van der Waals surface area (Å²) in [6.07, 6.45) is 1.30. The van der Waals surface area contributed by atoms with Crippen LogP contribution < -0.4 is 15.4 Å². The van der Waals surface area contributed by atoms with Crippen LogP contribution in [0, 0.1) is 11.3 Å². The molecule has 0 fully saturated rings. The monoisotopic (exact) mass is 365 g/mol. The number of ether oxygens (including phenoxy) is 2. The Kier molecular flexibility index (Phi) is 6.97. The summed E-state index contributed by atoms with van der Waals surface area (Å²) >= 11 is 0. The molecule has 1 amide bonds. The highest BCUT2D eigenvalue weighted by molar-refractivity contribution is 6.07. The quantitative estimate of drug-likeness (QED) is 0.443. The zero-order valence-electron chi connectivity index (χ0n) is 15.0. The largest absolute Gasteiger partial charge is 0.495 e. The number of nitriles is 1. The van der Waals surface area contributed by atoms with Crippen molar-refractivity contribution < 1.29 is 19.1 Å². The molecule has 2 aromatic rings. The summed E-state index contributed by atoms with van der Waals surface area (Å²) in [5.41, 5.74) is 1.38. The van der Waals surface area contributed by atoms with Gasteiger partial charge in [-0.1, -0.05) is 12.1 Å². The zero-order valence-corrected chi connectivity index (χ0v) is 15.0. The van der Waals surface area contributed by atoms with Gasteiger partial charge in [0.15, 0.2) is 0 Å². The molecular formula is C20H19N3O4. The van der Waals surface area contributed by atoms with Gasteiger partial charge in [-0.2, -0.15) is 5.26 Å².